The van der Waals surface area contributed by atoms with Gasteiger partial charge in [-0.1, -0.05) is 17.7 Å². The van der Waals surface area contributed by atoms with Crippen LogP contribution in [0, 0.1) is 6.92 Å². The third kappa shape index (κ3) is 4.04. The van der Waals surface area contributed by atoms with Gasteiger partial charge in [0.2, 0.25) is 0 Å². The van der Waals surface area contributed by atoms with Crippen LogP contribution in [0.4, 0.5) is 5.69 Å². The Hall–Kier alpha value is -1.60. The van der Waals surface area contributed by atoms with Gasteiger partial charge in [-0.2, -0.15) is 12.7 Å². The zero-order valence-corrected chi connectivity index (χ0v) is 10.4. The Kier molecular flexibility index (Phi) is 4.08. The van der Waals surface area contributed by atoms with Gasteiger partial charge in [0.25, 0.3) is 0 Å². The second-order valence-electron chi connectivity index (χ2n) is 3.62. The number of nitrogens with one attached hydrogen (secondary N) is 1. The molecule has 0 saturated heterocycles. The van der Waals surface area contributed by atoms with Gasteiger partial charge in [0.1, 0.15) is 6.54 Å². The largest absolute Gasteiger partial charge is 0.480 e. The van der Waals surface area contributed by atoms with Crippen molar-refractivity contribution in [1.82, 2.24) is 4.31 Å². The molecule has 0 unspecified atom stereocenters. The molecule has 0 aromatic heterocycles. The van der Waals surface area contributed by atoms with Gasteiger partial charge in [-0.15, -0.1) is 0 Å². The molecule has 0 saturated carbocycles. The Labute approximate surface area is 100 Å². The molecule has 0 aliphatic carbocycles. The van der Waals surface area contributed by atoms with Gasteiger partial charge in [0, 0.05) is 12.7 Å². The zero-order chi connectivity index (χ0) is 13.1. The van der Waals surface area contributed by atoms with E-state index in [2.05, 4.69) is 4.72 Å². The molecule has 1 aromatic carbocycles. The van der Waals surface area contributed by atoms with Crippen LogP contribution in [0.5, 0.6) is 0 Å². The molecule has 7 heteroatoms. The average molecular weight is 258 g/mol. The molecule has 0 radical (unpaired) electrons. The lowest BCUT2D eigenvalue weighted by molar-refractivity contribution is -0.137. The summed E-state index contributed by atoms with van der Waals surface area (Å²) in [5, 5.41) is 8.52. The van der Waals surface area contributed by atoms with Crippen molar-refractivity contribution in [3.63, 3.8) is 0 Å². The highest BCUT2D eigenvalue weighted by Gasteiger charge is 2.19. The molecule has 0 heterocycles. The van der Waals surface area contributed by atoms with E-state index in [9.17, 15) is 13.2 Å². The monoisotopic (exact) mass is 258 g/mol. The van der Waals surface area contributed by atoms with Crippen molar-refractivity contribution in [2.24, 2.45) is 0 Å². The molecule has 0 atom stereocenters. The first-order chi connectivity index (χ1) is 7.81. The van der Waals surface area contributed by atoms with Crippen LogP contribution in [-0.2, 0) is 15.0 Å². The van der Waals surface area contributed by atoms with Crippen molar-refractivity contribution < 1.29 is 18.3 Å². The van der Waals surface area contributed by atoms with Crippen LogP contribution in [0.1, 0.15) is 5.56 Å². The summed E-state index contributed by atoms with van der Waals surface area (Å²) in [6.07, 6.45) is 0. The predicted octanol–water partition coefficient (Wildman–Crippen LogP) is 0.668. The summed E-state index contributed by atoms with van der Waals surface area (Å²) < 4.78 is 26.4. The van der Waals surface area contributed by atoms with E-state index in [0.717, 1.165) is 9.87 Å². The van der Waals surface area contributed by atoms with Crippen LogP contribution >= 0.6 is 0 Å². The van der Waals surface area contributed by atoms with Crippen molar-refractivity contribution in [1.29, 1.82) is 0 Å². The highest BCUT2D eigenvalue weighted by Crippen LogP contribution is 2.11. The molecule has 94 valence electrons. The maximum absolute atomic E-state index is 11.7. The number of carbonyl (C=O) groups is 1. The number of anilines is 1. The topological polar surface area (TPSA) is 86.7 Å². The van der Waals surface area contributed by atoms with Crippen LogP contribution in [0.3, 0.4) is 0 Å². The minimum Gasteiger partial charge on any atom is -0.480 e. The summed E-state index contributed by atoms with van der Waals surface area (Å²) in [7, 11) is -2.62. The molecular weight excluding hydrogens is 244 g/mol. The van der Waals surface area contributed by atoms with E-state index in [-0.39, 0.29) is 0 Å². The van der Waals surface area contributed by atoms with Gasteiger partial charge in [-0.05, 0) is 19.1 Å². The predicted molar refractivity (Wildman–Crippen MR) is 64.0 cm³/mol. The molecule has 2 N–H and O–H groups in total. The molecule has 17 heavy (non-hydrogen) atoms. The second kappa shape index (κ2) is 5.15. The maximum atomic E-state index is 11.7. The average Bonchev–Trinajstić information content (AvgIpc) is 2.20. The third-order valence-corrected chi connectivity index (χ3v) is 3.51. The number of hydrogen-bond acceptors (Lipinski definition) is 3. The number of aryl methyl sites for hydroxylation is 1. The van der Waals surface area contributed by atoms with Crippen molar-refractivity contribution in [3.05, 3.63) is 29.8 Å². The zero-order valence-electron chi connectivity index (χ0n) is 9.54. The van der Waals surface area contributed by atoms with Crippen LogP contribution in [0.25, 0.3) is 0 Å². The van der Waals surface area contributed by atoms with E-state index < -0.39 is 22.7 Å². The Morgan fingerprint density at radius 3 is 2.35 bits per heavy atom. The molecule has 0 bridgehead atoms. The summed E-state index contributed by atoms with van der Waals surface area (Å²) in [5.74, 6) is -1.21. The first-order valence-corrected chi connectivity index (χ1v) is 6.28. The highest BCUT2D eigenvalue weighted by atomic mass is 32.2. The molecule has 0 amide bonds. The van der Waals surface area contributed by atoms with Crippen molar-refractivity contribution in [2.75, 3.05) is 18.3 Å². The van der Waals surface area contributed by atoms with Crippen molar-refractivity contribution in [2.45, 2.75) is 6.92 Å². The number of rotatable bonds is 5. The standard InChI is InChI=1S/C10H14N2O4S/c1-8-3-5-9(6-4-8)11-17(15,16)12(2)7-10(13)14/h3-6,11H,7H2,1-2H3,(H,13,14). The van der Waals surface area contributed by atoms with Gasteiger partial charge in [0.15, 0.2) is 0 Å². The van der Waals surface area contributed by atoms with Gasteiger partial charge in [-0.25, -0.2) is 0 Å². The molecule has 1 aromatic rings. The molecule has 6 nitrogen and oxygen atoms in total. The lowest BCUT2D eigenvalue weighted by atomic mass is 10.2. The molecule has 0 fully saturated rings. The molecule has 0 spiro atoms. The van der Waals surface area contributed by atoms with Crippen molar-refractivity contribution >= 4 is 21.9 Å². The minimum absolute atomic E-state index is 0.396. The fourth-order valence-corrected chi connectivity index (χ4v) is 1.99. The number of carboxylic acids is 1. The molecular formula is C10H14N2O4S. The van der Waals surface area contributed by atoms with Crippen LogP contribution in [0.15, 0.2) is 24.3 Å². The number of aliphatic carboxylic acids is 1. The van der Waals surface area contributed by atoms with Crippen LogP contribution < -0.4 is 4.72 Å². The minimum atomic E-state index is -3.82. The Morgan fingerprint density at radius 2 is 1.88 bits per heavy atom. The van der Waals surface area contributed by atoms with Crippen molar-refractivity contribution in [3.8, 4) is 0 Å². The van der Waals surface area contributed by atoms with E-state index >= 15 is 0 Å². The first-order valence-electron chi connectivity index (χ1n) is 4.84. The number of hydrogen-bond donors (Lipinski definition) is 2. The lowest BCUT2D eigenvalue weighted by Gasteiger charge is -2.16. The fraction of sp³-hybridized carbons (Fsp3) is 0.300. The fourth-order valence-electron chi connectivity index (χ4n) is 1.12. The highest BCUT2D eigenvalue weighted by molar-refractivity contribution is 7.90. The summed E-state index contributed by atoms with van der Waals surface area (Å²) in [5.41, 5.74) is 1.40. The second-order valence-corrected chi connectivity index (χ2v) is 5.40. The normalized spacial score (nSPS) is 11.5. The Bertz CT molecular complexity index is 496. The lowest BCUT2D eigenvalue weighted by Crippen LogP contribution is -2.36. The first kappa shape index (κ1) is 13.5. The Morgan fingerprint density at radius 1 is 1.35 bits per heavy atom. The van der Waals surface area contributed by atoms with E-state index in [0.29, 0.717) is 5.69 Å². The summed E-state index contributed by atoms with van der Waals surface area (Å²) in [6.45, 7) is 1.30. The molecule has 0 aliphatic heterocycles. The van der Waals surface area contributed by atoms with E-state index in [1.807, 2.05) is 6.92 Å². The summed E-state index contributed by atoms with van der Waals surface area (Å²) in [4.78, 5) is 10.4. The van der Waals surface area contributed by atoms with Gasteiger partial charge < -0.3 is 5.11 Å². The van der Waals surface area contributed by atoms with Gasteiger partial charge >= 0.3 is 16.2 Å². The smallest absolute Gasteiger partial charge is 0.318 e. The maximum Gasteiger partial charge on any atom is 0.318 e. The van der Waals surface area contributed by atoms with E-state index in [1.165, 1.54) is 7.05 Å². The molecule has 0 aliphatic rings. The summed E-state index contributed by atoms with van der Waals surface area (Å²) in [6, 6.07) is 6.74. The third-order valence-electron chi connectivity index (χ3n) is 2.07. The number of benzene rings is 1. The summed E-state index contributed by atoms with van der Waals surface area (Å²) >= 11 is 0. The number of carboxylic acid groups (broad SMARTS) is 1. The van der Waals surface area contributed by atoms with Crippen LogP contribution in [-0.4, -0.2) is 37.4 Å². The van der Waals surface area contributed by atoms with Gasteiger partial charge in [0.05, 0.1) is 0 Å². The molecule has 1 rings (SSSR count). The number of likely N-dealkylation sites (N-methyl/N-ethyl adjacent to an activating group) is 1. The SMILES string of the molecule is Cc1ccc(NS(=O)(=O)N(C)CC(=O)O)cc1. The van der Waals surface area contributed by atoms with E-state index in [1.54, 1.807) is 24.3 Å². The van der Waals surface area contributed by atoms with Gasteiger partial charge in [-0.3, -0.25) is 9.52 Å². The van der Waals surface area contributed by atoms with E-state index in [4.69, 9.17) is 5.11 Å². The quantitative estimate of drug-likeness (QED) is 0.812. The van der Waals surface area contributed by atoms with Crippen LogP contribution in [0.2, 0.25) is 0 Å². The number of nitrogens with zero attached hydrogens (tertiary/aromatic N) is 1. The Balaban J connectivity index is 2.79.